The Morgan fingerprint density at radius 3 is 2.26 bits per heavy atom. The van der Waals surface area contributed by atoms with Crippen molar-refractivity contribution < 1.29 is 27.4 Å². The number of halogens is 4. The predicted molar refractivity (Wildman–Crippen MR) is 66.9 cm³/mol. The molecule has 106 valence electrons. The van der Waals surface area contributed by atoms with Crippen LogP contribution in [0, 0.1) is 0 Å². The summed E-state index contributed by atoms with van der Waals surface area (Å²) in [5, 5.41) is 0. The van der Waals surface area contributed by atoms with Gasteiger partial charge in [-0.15, -0.1) is 0 Å². The van der Waals surface area contributed by atoms with Gasteiger partial charge in [-0.25, -0.2) is 0 Å². The van der Waals surface area contributed by atoms with Crippen molar-refractivity contribution in [2.24, 2.45) is 0 Å². The Hall–Kier alpha value is -1.24. The third-order valence-corrected chi connectivity index (χ3v) is 2.71. The molecule has 0 amide bonds. The van der Waals surface area contributed by atoms with E-state index >= 15 is 0 Å². The van der Waals surface area contributed by atoms with Crippen LogP contribution in [0.2, 0.25) is 0 Å². The number of ketones is 1. The van der Waals surface area contributed by atoms with E-state index in [0.29, 0.717) is 6.61 Å². The number of benzene rings is 1. The highest BCUT2D eigenvalue weighted by Gasteiger charge is 2.39. The third kappa shape index (κ3) is 3.86. The van der Waals surface area contributed by atoms with Gasteiger partial charge in [0.2, 0.25) is 0 Å². The minimum Gasteiger partial charge on any atom is -0.490 e. The molecule has 1 aromatic carbocycles. The van der Waals surface area contributed by atoms with E-state index in [2.05, 4.69) is 15.9 Å². The van der Waals surface area contributed by atoms with Crippen LogP contribution in [0.25, 0.3) is 0 Å². The Morgan fingerprint density at radius 2 is 1.79 bits per heavy atom. The van der Waals surface area contributed by atoms with E-state index in [1.807, 2.05) is 0 Å². The van der Waals surface area contributed by atoms with Gasteiger partial charge >= 0.3 is 6.18 Å². The van der Waals surface area contributed by atoms with E-state index in [-0.39, 0.29) is 22.6 Å². The molecule has 7 heteroatoms. The maximum Gasteiger partial charge on any atom is 0.454 e. The second-order valence-corrected chi connectivity index (χ2v) is 4.33. The van der Waals surface area contributed by atoms with Gasteiger partial charge < -0.3 is 9.47 Å². The standard InChI is InChI=1S/C12H12BrF3O3/c1-3-18-9-6-7(11(17)12(14,15)16)5-8(13)10(9)19-4-2/h5-6H,3-4H2,1-2H3. The molecule has 1 aromatic rings. The number of hydrogen-bond acceptors (Lipinski definition) is 3. The van der Waals surface area contributed by atoms with Crippen molar-refractivity contribution in [2.45, 2.75) is 20.0 Å². The van der Waals surface area contributed by atoms with Crippen molar-refractivity contribution in [3.05, 3.63) is 22.2 Å². The van der Waals surface area contributed by atoms with E-state index in [1.54, 1.807) is 13.8 Å². The largest absolute Gasteiger partial charge is 0.490 e. The summed E-state index contributed by atoms with van der Waals surface area (Å²) < 4.78 is 47.9. The van der Waals surface area contributed by atoms with Gasteiger partial charge in [0, 0.05) is 5.56 Å². The molecule has 0 spiro atoms. The Bertz CT molecular complexity index is 472. The van der Waals surface area contributed by atoms with Crippen molar-refractivity contribution in [3.8, 4) is 11.5 Å². The summed E-state index contributed by atoms with van der Waals surface area (Å²) in [5.41, 5.74) is -0.494. The zero-order valence-electron chi connectivity index (χ0n) is 10.3. The molecule has 0 aliphatic heterocycles. The SMILES string of the molecule is CCOc1cc(C(=O)C(F)(F)F)cc(Br)c1OCC. The summed E-state index contributed by atoms with van der Waals surface area (Å²) in [7, 11) is 0. The van der Waals surface area contributed by atoms with Crippen molar-refractivity contribution in [1.82, 2.24) is 0 Å². The minimum absolute atomic E-state index is 0.103. The van der Waals surface area contributed by atoms with Crippen LogP contribution in [0.15, 0.2) is 16.6 Å². The summed E-state index contributed by atoms with van der Waals surface area (Å²) in [6, 6.07) is 2.11. The number of carbonyl (C=O) groups excluding carboxylic acids is 1. The number of ether oxygens (including phenoxy) is 2. The highest BCUT2D eigenvalue weighted by molar-refractivity contribution is 9.10. The van der Waals surface area contributed by atoms with Crippen LogP contribution in [0.1, 0.15) is 24.2 Å². The number of rotatable bonds is 5. The summed E-state index contributed by atoms with van der Waals surface area (Å²) in [6.07, 6.45) is -4.92. The summed E-state index contributed by atoms with van der Waals surface area (Å²) in [5.74, 6) is -1.54. The predicted octanol–water partition coefficient (Wildman–Crippen LogP) is 3.99. The van der Waals surface area contributed by atoms with Crippen LogP contribution in [0.4, 0.5) is 13.2 Å². The minimum atomic E-state index is -4.92. The van der Waals surface area contributed by atoms with Gasteiger partial charge in [-0.05, 0) is 41.9 Å². The number of carbonyl (C=O) groups is 1. The Labute approximate surface area is 116 Å². The monoisotopic (exact) mass is 340 g/mol. The Kier molecular flexibility index (Phi) is 5.22. The van der Waals surface area contributed by atoms with Crippen LogP contribution in [-0.2, 0) is 0 Å². The van der Waals surface area contributed by atoms with Crippen molar-refractivity contribution >= 4 is 21.7 Å². The lowest BCUT2D eigenvalue weighted by atomic mass is 10.1. The number of hydrogen-bond donors (Lipinski definition) is 0. The van der Waals surface area contributed by atoms with Gasteiger partial charge in [-0.1, -0.05) is 0 Å². The second kappa shape index (κ2) is 6.27. The van der Waals surface area contributed by atoms with Gasteiger partial charge in [-0.3, -0.25) is 4.79 Å². The van der Waals surface area contributed by atoms with Crippen LogP contribution in [0.3, 0.4) is 0 Å². The van der Waals surface area contributed by atoms with Crippen molar-refractivity contribution in [3.63, 3.8) is 0 Å². The molecule has 0 fully saturated rings. The molecule has 0 bridgehead atoms. The molecule has 0 aliphatic rings. The first kappa shape index (κ1) is 15.8. The van der Waals surface area contributed by atoms with Crippen molar-refractivity contribution in [2.75, 3.05) is 13.2 Å². The molecule has 0 aromatic heterocycles. The van der Waals surface area contributed by atoms with Crippen LogP contribution < -0.4 is 9.47 Å². The van der Waals surface area contributed by atoms with E-state index in [4.69, 9.17) is 9.47 Å². The smallest absolute Gasteiger partial charge is 0.454 e. The molecular weight excluding hydrogens is 329 g/mol. The third-order valence-electron chi connectivity index (χ3n) is 2.12. The highest BCUT2D eigenvalue weighted by Crippen LogP contribution is 2.38. The second-order valence-electron chi connectivity index (χ2n) is 3.48. The molecule has 0 radical (unpaired) electrons. The molecule has 19 heavy (non-hydrogen) atoms. The lowest BCUT2D eigenvalue weighted by molar-refractivity contribution is -0.0885. The molecule has 0 atom stereocenters. The molecule has 3 nitrogen and oxygen atoms in total. The van der Waals surface area contributed by atoms with E-state index < -0.39 is 17.5 Å². The molecule has 1 rings (SSSR count). The summed E-state index contributed by atoms with van der Waals surface area (Å²) in [6.45, 7) is 3.99. The lowest BCUT2D eigenvalue weighted by Gasteiger charge is -2.14. The Morgan fingerprint density at radius 1 is 1.21 bits per heavy atom. The maximum atomic E-state index is 12.4. The zero-order chi connectivity index (χ0) is 14.6. The molecular formula is C12H12BrF3O3. The molecule has 0 heterocycles. The number of alkyl halides is 3. The molecule has 0 saturated heterocycles. The fourth-order valence-electron chi connectivity index (χ4n) is 1.41. The maximum absolute atomic E-state index is 12.4. The van der Waals surface area contributed by atoms with Crippen LogP contribution >= 0.6 is 15.9 Å². The van der Waals surface area contributed by atoms with Gasteiger partial charge in [0.25, 0.3) is 5.78 Å². The van der Waals surface area contributed by atoms with Gasteiger partial charge in [0.05, 0.1) is 17.7 Å². The highest BCUT2D eigenvalue weighted by atomic mass is 79.9. The fourth-order valence-corrected chi connectivity index (χ4v) is 1.97. The molecule has 0 N–H and O–H groups in total. The quantitative estimate of drug-likeness (QED) is 0.760. The topological polar surface area (TPSA) is 35.5 Å². The van der Waals surface area contributed by atoms with E-state index in [0.717, 1.165) is 12.1 Å². The first-order valence-electron chi connectivity index (χ1n) is 5.51. The number of Topliss-reactive ketones (excluding diaryl/α,β-unsaturated/α-hetero) is 1. The molecule has 0 unspecified atom stereocenters. The van der Waals surface area contributed by atoms with Gasteiger partial charge in [0.15, 0.2) is 11.5 Å². The summed E-state index contributed by atoms with van der Waals surface area (Å²) >= 11 is 3.08. The van der Waals surface area contributed by atoms with Crippen LogP contribution in [0.5, 0.6) is 11.5 Å². The first-order valence-corrected chi connectivity index (χ1v) is 6.31. The first-order chi connectivity index (χ1) is 8.81. The molecule has 0 aliphatic carbocycles. The Balaban J connectivity index is 3.27. The summed E-state index contributed by atoms with van der Waals surface area (Å²) in [4.78, 5) is 11.2. The normalized spacial score (nSPS) is 11.3. The van der Waals surface area contributed by atoms with E-state index in [1.165, 1.54) is 0 Å². The zero-order valence-corrected chi connectivity index (χ0v) is 11.9. The molecule has 0 saturated carbocycles. The van der Waals surface area contributed by atoms with Gasteiger partial charge in [-0.2, -0.15) is 13.2 Å². The van der Waals surface area contributed by atoms with Crippen molar-refractivity contribution in [1.29, 1.82) is 0 Å². The average molecular weight is 341 g/mol. The lowest BCUT2D eigenvalue weighted by Crippen LogP contribution is -2.22. The van der Waals surface area contributed by atoms with E-state index in [9.17, 15) is 18.0 Å². The average Bonchev–Trinajstić information content (AvgIpc) is 2.31. The van der Waals surface area contributed by atoms with Crippen LogP contribution in [-0.4, -0.2) is 25.2 Å². The van der Waals surface area contributed by atoms with Gasteiger partial charge in [0.1, 0.15) is 0 Å². The fraction of sp³-hybridized carbons (Fsp3) is 0.417.